The van der Waals surface area contributed by atoms with Gasteiger partial charge in [0, 0.05) is 23.8 Å². The van der Waals surface area contributed by atoms with Gasteiger partial charge in [0.05, 0.1) is 16.1 Å². The summed E-state index contributed by atoms with van der Waals surface area (Å²) in [4.78, 5) is 12.6. The monoisotopic (exact) mass is 477 g/mol. The van der Waals surface area contributed by atoms with E-state index >= 15 is 0 Å². The van der Waals surface area contributed by atoms with Crippen LogP contribution in [-0.4, -0.2) is 18.5 Å². The molecule has 2 aromatic rings. The van der Waals surface area contributed by atoms with Gasteiger partial charge in [0.1, 0.15) is 0 Å². The zero-order chi connectivity index (χ0) is 24.0. The smallest absolute Gasteiger partial charge is 0.405 e. The molecule has 8 heteroatoms. The molecule has 1 aliphatic carbocycles. The van der Waals surface area contributed by atoms with Gasteiger partial charge in [0.25, 0.3) is 5.91 Å². The lowest BCUT2D eigenvalue weighted by Gasteiger charge is -2.30. The van der Waals surface area contributed by atoms with E-state index in [9.17, 15) is 18.0 Å². The highest BCUT2D eigenvalue weighted by molar-refractivity contribution is 6.33. The van der Waals surface area contributed by atoms with Crippen molar-refractivity contribution in [1.82, 2.24) is 10.6 Å². The van der Waals surface area contributed by atoms with Crippen molar-refractivity contribution in [3.8, 4) is 0 Å². The lowest BCUT2D eigenvalue weighted by Crippen LogP contribution is -2.39. The van der Waals surface area contributed by atoms with Crippen molar-refractivity contribution in [3.05, 3.63) is 82.5 Å². The fourth-order valence-electron chi connectivity index (χ4n) is 4.03. The lowest BCUT2D eigenvalue weighted by atomic mass is 9.85. The van der Waals surface area contributed by atoms with E-state index in [2.05, 4.69) is 17.2 Å². The van der Waals surface area contributed by atoms with Gasteiger partial charge in [-0.1, -0.05) is 42.4 Å². The maximum atomic E-state index is 13.0. The number of carbonyl (C=O) groups excluding carboxylic acids is 1. The molecule has 0 aromatic heterocycles. The van der Waals surface area contributed by atoms with Crippen LogP contribution < -0.4 is 16.4 Å². The highest BCUT2D eigenvalue weighted by atomic mass is 35.5. The van der Waals surface area contributed by atoms with Gasteiger partial charge in [0.15, 0.2) is 0 Å². The maximum Gasteiger partial charge on any atom is 0.416 e. The number of hydrogen-bond donors (Lipinski definition) is 3. The zero-order valence-corrected chi connectivity index (χ0v) is 18.8. The third-order valence-corrected chi connectivity index (χ3v) is 6.22. The van der Waals surface area contributed by atoms with Gasteiger partial charge >= 0.3 is 6.18 Å². The molecule has 176 valence electrons. The van der Waals surface area contributed by atoms with E-state index in [1.165, 1.54) is 6.20 Å². The first kappa shape index (κ1) is 24.7. The van der Waals surface area contributed by atoms with Crippen molar-refractivity contribution in [2.24, 2.45) is 11.7 Å². The Morgan fingerprint density at radius 2 is 1.82 bits per heavy atom. The van der Waals surface area contributed by atoms with Gasteiger partial charge in [-0.05, 0) is 67.6 Å². The van der Waals surface area contributed by atoms with Crippen molar-refractivity contribution in [1.29, 1.82) is 0 Å². The Bertz CT molecular complexity index is 1030. The maximum absolute atomic E-state index is 13.0. The lowest BCUT2D eigenvalue weighted by molar-refractivity contribution is -0.137. The second-order valence-electron chi connectivity index (χ2n) is 8.19. The Kier molecular flexibility index (Phi) is 8.08. The SMILES string of the molecule is C=C(NCC1CCC(NC(=O)c2cc(C(F)(F)F)ccc2Cl)CC1)c1ccccc1/C=C\N. The molecule has 1 aliphatic rings. The van der Waals surface area contributed by atoms with E-state index in [0.717, 1.165) is 67.3 Å². The molecule has 0 heterocycles. The van der Waals surface area contributed by atoms with Gasteiger partial charge in [0.2, 0.25) is 0 Å². The number of hydrogen-bond acceptors (Lipinski definition) is 3. The minimum atomic E-state index is -4.53. The Balaban J connectivity index is 1.51. The molecule has 1 amide bonds. The normalized spacial score (nSPS) is 18.8. The van der Waals surface area contributed by atoms with Gasteiger partial charge in [-0.2, -0.15) is 13.2 Å². The van der Waals surface area contributed by atoms with E-state index in [-0.39, 0.29) is 16.6 Å². The Morgan fingerprint density at radius 3 is 2.48 bits per heavy atom. The minimum absolute atomic E-state index is 0.00154. The number of nitrogens with two attached hydrogens (primary N) is 1. The van der Waals surface area contributed by atoms with Crippen LogP contribution in [0.4, 0.5) is 13.2 Å². The third kappa shape index (κ3) is 6.54. The van der Waals surface area contributed by atoms with Crippen LogP contribution in [0.5, 0.6) is 0 Å². The molecule has 0 atom stereocenters. The Morgan fingerprint density at radius 1 is 1.12 bits per heavy atom. The van der Waals surface area contributed by atoms with Gasteiger partial charge in [-0.3, -0.25) is 4.79 Å². The number of amides is 1. The number of rotatable bonds is 7. The van der Waals surface area contributed by atoms with Crippen LogP contribution in [0.25, 0.3) is 11.8 Å². The molecule has 4 N–H and O–H groups in total. The summed E-state index contributed by atoms with van der Waals surface area (Å²) in [6.07, 6.45) is 2.04. The summed E-state index contributed by atoms with van der Waals surface area (Å²) < 4.78 is 38.9. The topological polar surface area (TPSA) is 67.1 Å². The average Bonchev–Trinajstić information content (AvgIpc) is 2.78. The predicted molar refractivity (Wildman–Crippen MR) is 126 cm³/mol. The largest absolute Gasteiger partial charge is 0.416 e. The summed E-state index contributed by atoms with van der Waals surface area (Å²) in [5, 5.41) is 6.24. The molecule has 0 radical (unpaired) electrons. The van der Waals surface area contributed by atoms with E-state index in [1.807, 2.05) is 30.3 Å². The highest BCUT2D eigenvalue weighted by Gasteiger charge is 2.32. The first-order valence-corrected chi connectivity index (χ1v) is 11.1. The van der Waals surface area contributed by atoms with E-state index in [1.54, 1.807) is 0 Å². The van der Waals surface area contributed by atoms with Crippen LogP contribution in [-0.2, 0) is 6.18 Å². The second-order valence-corrected chi connectivity index (χ2v) is 8.60. The van der Waals surface area contributed by atoms with Crippen molar-refractivity contribution < 1.29 is 18.0 Å². The molecule has 3 rings (SSSR count). The van der Waals surface area contributed by atoms with Crippen LogP contribution in [0.3, 0.4) is 0 Å². The number of alkyl halides is 3. The Labute approximate surface area is 196 Å². The average molecular weight is 478 g/mol. The van der Waals surface area contributed by atoms with Crippen molar-refractivity contribution in [3.63, 3.8) is 0 Å². The molecule has 0 saturated heterocycles. The molecular formula is C25H27ClF3N3O. The third-order valence-electron chi connectivity index (χ3n) is 5.89. The van der Waals surface area contributed by atoms with Crippen LogP contribution in [0, 0.1) is 5.92 Å². The number of benzene rings is 2. The van der Waals surface area contributed by atoms with Crippen molar-refractivity contribution in [2.75, 3.05) is 6.54 Å². The molecule has 33 heavy (non-hydrogen) atoms. The first-order valence-electron chi connectivity index (χ1n) is 10.8. The number of halogens is 4. The molecule has 0 spiro atoms. The van der Waals surface area contributed by atoms with Crippen molar-refractivity contribution in [2.45, 2.75) is 37.9 Å². The second kappa shape index (κ2) is 10.8. The quantitative estimate of drug-likeness (QED) is 0.469. The summed E-state index contributed by atoms with van der Waals surface area (Å²) >= 11 is 5.98. The summed E-state index contributed by atoms with van der Waals surface area (Å²) in [7, 11) is 0. The molecule has 4 nitrogen and oxygen atoms in total. The summed E-state index contributed by atoms with van der Waals surface area (Å²) in [6.45, 7) is 4.89. The number of nitrogens with one attached hydrogen (secondary N) is 2. The summed E-state index contributed by atoms with van der Waals surface area (Å²) in [5.41, 5.74) is 7.26. The van der Waals surface area contributed by atoms with Gasteiger partial charge < -0.3 is 16.4 Å². The summed E-state index contributed by atoms with van der Waals surface area (Å²) in [6, 6.07) is 10.5. The van der Waals surface area contributed by atoms with Crippen LogP contribution >= 0.6 is 11.6 Å². The fraction of sp³-hybridized carbons (Fsp3) is 0.320. The standard InChI is InChI=1S/C25H27ClF3N3O/c1-16(21-5-3-2-4-18(21)12-13-30)31-15-17-6-9-20(10-7-17)32-24(33)22-14-19(25(27,28)29)8-11-23(22)26/h2-5,8,11-14,17,20,31H,1,6-7,9-10,15,30H2,(H,32,33)/b13-12-. The molecule has 1 saturated carbocycles. The minimum Gasteiger partial charge on any atom is -0.405 e. The molecule has 2 aromatic carbocycles. The van der Waals surface area contributed by atoms with Gasteiger partial charge in [-0.25, -0.2) is 0 Å². The highest BCUT2D eigenvalue weighted by Crippen LogP contribution is 2.32. The van der Waals surface area contributed by atoms with Crippen LogP contribution in [0.2, 0.25) is 5.02 Å². The van der Waals surface area contributed by atoms with Gasteiger partial charge in [-0.15, -0.1) is 0 Å². The van der Waals surface area contributed by atoms with Crippen LogP contribution in [0.15, 0.2) is 55.2 Å². The molecule has 0 unspecified atom stereocenters. The van der Waals surface area contributed by atoms with Crippen molar-refractivity contribution >= 4 is 29.3 Å². The molecular weight excluding hydrogens is 451 g/mol. The molecule has 1 fully saturated rings. The number of carbonyl (C=O) groups is 1. The predicted octanol–water partition coefficient (Wildman–Crippen LogP) is 5.84. The summed E-state index contributed by atoms with van der Waals surface area (Å²) in [5.74, 6) is -0.171. The van der Waals surface area contributed by atoms with E-state index < -0.39 is 17.6 Å². The molecule has 0 aliphatic heterocycles. The van der Waals surface area contributed by atoms with Crippen LogP contribution in [0.1, 0.15) is 52.7 Å². The van der Waals surface area contributed by atoms with E-state index in [4.69, 9.17) is 17.3 Å². The van der Waals surface area contributed by atoms with E-state index in [0.29, 0.717) is 5.92 Å². The first-order chi connectivity index (χ1) is 15.7. The Hall–Kier alpha value is -2.93. The molecule has 0 bridgehead atoms. The fourth-order valence-corrected chi connectivity index (χ4v) is 4.24. The zero-order valence-electron chi connectivity index (χ0n) is 18.1.